The van der Waals surface area contributed by atoms with Gasteiger partial charge in [0.15, 0.2) is 0 Å². The third-order valence-corrected chi connectivity index (χ3v) is 4.03. The molecule has 0 bridgehead atoms. The first-order valence-corrected chi connectivity index (χ1v) is 8.01. The summed E-state index contributed by atoms with van der Waals surface area (Å²) in [6.07, 6.45) is 0. The first kappa shape index (κ1) is 14.5. The molecule has 0 radical (unpaired) electrons. The van der Waals surface area contributed by atoms with Crippen molar-refractivity contribution in [3.63, 3.8) is 0 Å². The van der Waals surface area contributed by atoms with Gasteiger partial charge in [-0.25, -0.2) is 4.98 Å². The van der Waals surface area contributed by atoms with Crippen LogP contribution in [0.3, 0.4) is 0 Å². The Labute approximate surface area is 126 Å². The number of thiazole rings is 1. The van der Waals surface area contributed by atoms with Crippen LogP contribution in [0.5, 0.6) is 0 Å². The van der Waals surface area contributed by atoms with Crippen molar-refractivity contribution in [2.45, 2.75) is 20.0 Å². The molecule has 2 aromatic rings. The van der Waals surface area contributed by atoms with Crippen LogP contribution in [0.4, 0.5) is 5.69 Å². The number of halogens is 1. The van der Waals surface area contributed by atoms with Crippen LogP contribution in [0.2, 0.25) is 0 Å². The predicted octanol–water partition coefficient (Wildman–Crippen LogP) is 3.65. The molecule has 102 valence electrons. The third-order valence-electron chi connectivity index (χ3n) is 2.90. The third kappa shape index (κ3) is 4.03. The van der Waals surface area contributed by atoms with Crippen LogP contribution in [-0.2, 0) is 13.1 Å². The van der Waals surface area contributed by atoms with Gasteiger partial charge in [-0.05, 0) is 30.3 Å². The molecule has 0 spiro atoms. The Morgan fingerprint density at radius 3 is 2.95 bits per heavy atom. The Hall–Kier alpha value is -0.910. The molecule has 0 amide bonds. The molecular weight excluding hydrogens is 322 g/mol. The number of hydrogen-bond donors (Lipinski definition) is 1. The standard InChI is InChI=1S/C14H18BrN3S/c1-3-16-7-11-6-12(15)4-5-14(11)18(2)8-13-9-19-10-17-13/h4-6,9-10,16H,3,7-8H2,1-2H3. The average molecular weight is 340 g/mol. The fraction of sp³-hybridized carbons (Fsp3) is 0.357. The minimum atomic E-state index is 0.838. The van der Waals surface area contributed by atoms with Crippen LogP contribution in [0.25, 0.3) is 0 Å². The molecule has 1 aromatic carbocycles. The lowest BCUT2D eigenvalue weighted by atomic mass is 10.1. The van der Waals surface area contributed by atoms with E-state index in [0.717, 1.165) is 29.8 Å². The molecule has 0 aliphatic heterocycles. The predicted molar refractivity (Wildman–Crippen MR) is 85.7 cm³/mol. The van der Waals surface area contributed by atoms with Crippen molar-refractivity contribution in [3.8, 4) is 0 Å². The van der Waals surface area contributed by atoms with E-state index in [1.165, 1.54) is 11.3 Å². The Morgan fingerprint density at radius 2 is 2.26 bits per heavy atom. The molecule has 1 aromatic heterocycles. The summed E-state index contributed by atoms with van der Waals surface area (Å²) in [6.45, 7) is 4.81. The van der Waals surface area contributed by atoms with Gasteiger partial charge < -0.3 is 10.2 Å². The number of benzene rings is 1. The molecule has 0 aliphatic carbocycles. The van der Waals surface area contributed by atoms with Crippen LogP contribution in [0, 0.1) is 0 Å². The minimum absolute atomic E-state index is 0.838. The molecule has 5 heteroatoms. The lowest BCUT2D eigenvalue weighted by Gasteiger charge is -2.22. The monoisotopic (exact) mass is 339 g/mol. The molecule has 1 heterocycles. The second kappa shape index (κ2) is 7.03. The Bertz CT molecular complexity index is 513. The SMILES string of the molecule is CCNCc1cc(Br)ccc1N(C)Cc1cscn1. The van der Waals surface area contributed by atoms with Gasteiger partial charge in [-0.15, -0.1) is 11.3 Å². The fourth-order valence-corrected chi connectivity index (χ4v) is 2.93. The minimum Gasteiger partial charge on any atom is -0.368 e. The number of hydrogen-bond acceptors (Lipinski definition) is 4. The van der Waals surface area contributed by atoms with Gasteiger partial charge in [-0.1, -0.05) is 22.9 Å². The molecule has 19 heavy (non-hydrogen) atoms. The van der Waals surface area contributed by atoms with Gasteiger partial charge in [-0.2, -0.15) is 0 Å². The van der Waals surface area contributed by atoms with Gasteiger partial charge in [-0.3, -0.25) is 0 Å². The second-order valence-corrected chi connectivity index (χ2v) is 6.02. The highest BCUT2D eigenvalue weighted by molar-refractivity contribution is 9.10. The lowest BCUT2D eigenvalue weighted by molar-refractivity contribution is 0.722. The van der Waals surface area contributed by atoms with E-state index in [1.54, 1.807) is 11.3 Å². The van der Waals surface area contributed by atoms with E-state index >= 15 is 0 Å². The van der Waals surface area contributed by atoms with Crippen molar-refractivity contribution in [1.82, 2.24) is 10.3 Å². The van der Waals surface area contributed by atoms with Crippen LogP contribution in [0.1, 0.15) is 18.2 Å². The maximum Gasteiger partial charge on any atom is 0.0795 e. The molecule has 0 saturated carbocycles. The molecule has 3 nitrogen and oxygen atoms in total. The van der Waals surface area contributed by atoms with E-state index in [4.69, 9.17) is 0 Å². The summed E-state index contributed by atoms with van der Waals surface area (Å²) >= 11 is 5.18. The van der Waals surface area contributed by atoms with Crippen molar-refractivity contribution in [3.05, 3.63) is 44.8 Å². The second-order valence-electron chi connectivity index (χ2n) is 4.39. The van der Waals surface area contributed by atoms with E-state index in [1.807, 2.05) is 5.51 Å². The summed E-state index contributed by atoms with van der Waals surface area (Å²) in [7, 11) is 2.11. The van der Waals surface area contributed by atoms with Gasteiger partial charge in [0.1, 0.15) is 0 Å². The Balaban J connectivity index is 2.17. The van der Waals surface area contributed by atoms with Crippen molar-refractivity contribution in [2.24, 2.45) is 0 Å². The summed E-state index contributed by atoms with van der Waals surface area (Å²) in [5.41, 5.74) is 5.54. The largest absolute Gasteiger partial charge is 0.368 e. The zero-order valence-corrected chi connectivity index (χ0v) is 13.6. The van der Waals surface area contributed by atoms with E-state index in [9.17, 15) is 0 Å². The van der Waals surface area contributed by atoms with Crippen LogP contribution >= 0.6 is 27.3 Å². The van der Waals surface area contributed by atoms with Crippen LogP contribution in [-0.4, -0.2) is 18.6 Å². The lowest BCUT2D eigenvalue weighted by Crippen LogP contribution is -2.20. The first-order valence-electron chi connectivity index (χ1n) is 6.28. The zero-order valence-electron chi connectivity index (χ0n) is 11.2. The Morgan fingerprint density at radius 1 is 1.42 bits per heavy atom. The smallest absolute Gasteiger partial charge is 0.0795 e. The number of aromatic nitrogens is 1. The van der Waals surface area contributed by atoms with Crippen molar-refractivity contribution >= 4 is 33.0 Å². The molecular formula is C14H18BrN3S. The maximum absolute atomic E-state index is 4.34. The van der Waals surface area contributed by atoms with Gasteiger partial charge in [0.25, 0.3) is 0 Å². The summed E-state index contributed by atoms with van der Waals surface area (Å²) in [5.74, 6) is 0. The van der Waals surface area contributed by atoms with E-state index < -0.39 is 0 Å². The number of nitrogens with one attached hydrogen (secondary N) is 1. The molecule has 0 aliphatic rings. The maximum atomic E-state index is 4.34. The highest BCUT2D eigenvalue weighted by Crippen LogP contribution is 2.25. The average Bonchev–Trinajstić information content (AvgIpc) is 2.89. The highest BCUT2D eigenvalue weighted by Gasteiger charge is 2.09. The number of nitrogens with zero attached hydrogens (tertiary/aromatic N) is 2. The molecule has 0 atom stereocenters. The van der Waals surface area contributed by atoms with Crippen LogP contribution < -0.4 is 10.2 Å². The van der Waals surface area contributed by atoms with Gasteiger partial charge in [0, 0.05) is 29.1 Å². The van der Waals surface area contributed by atoms with Crippen molar-refractivity contribution < 1.29 is 0 Å². The van der Waals surface area contributed by atoms with E-state index in [-0.39, 0.29) is 0 Å². The highest BCUT2D eigenvalue weighted by atomic mass is 79.9. The van der Waals surface area contributed by atoms with E-state index in [0.29, 0.717) is 0 Å². The normalized spacial score (nSPS) is 10.7. The number of rotatable bonds is 6. The molecule has 0 saturated heterocycles. The molecule has 2 rings (SSSR count). The topological polar surface area (TPSA) is 28.2 Å². The quantitative estimate of drug-likeness (QED) is 0.870. The van der Waals surface area contributed by atoms with Crippen LogP contribution in [0.15, 0.2) is 33.6 Å². The summed E-state index contributed by atoms with van der Waals surface area (Å²) in [5, 5.41) is 5.48. The van der Waals surface area contributed by atoms with Gasteiger partial charge in [0.05, 0.1) is 17.7 Å². The summed E-state index contributed by atoms with van der Waals surface area (Å²) in [6, 6.07) is 6.42. The molecule has 1 N–H and O–H groups in total. The number of anilines is 1. The van der Waals surface area contributed by atoms with Crippen molar-refractivity contribution in [2.75, 3.05) is 18.5 Å². The molecule has 0 fully saturated rings. The Kier molecular flexibility index (Phi) is 5.36. The first-order chi connectivity index (χ1) is 9.20. The molecule has 0 unspecified atom stereocenters. The van der Waals surface area contributed by atoms with E-state index in [2.05, 4.69) is 68.7 Å². The fourth-order valence-electron chi connectivity index (χ4n) is 1.97. The van der Waals surface area contributed by atoms with Gasteiger partial charge >= 0.3 is 0 Å². The zero-order chi connectivity index (χ0) is 13.7. The summed E-state index contributed by atoms with van der Waals surface area (Å²) < 4.78 is 1.12. The van der Waals surface area contributed by atoms with Gasteiger partial charge in [0.2, 0.25) is 0 Å². The van der Waals surface area contributed by atoms with Crippen molar-refractivity contribution in [1.29, 1.82) is 0 Å². The summed E-state index contributed by atoms with van der Waals surface area (Å²) in [4.78, 5) is 6.59.